The highest BCUT2D eigenvalue weighted by molar-refractivity contribution is 7.91. The predicted octanol–water partition coefficient (Wildman–Crippen LogP) is 2.95. The first-order valence-corrected chi connectivity index (χ1v) is 9.63. The van der Waals surface area contributed by atoms with Crippen LogP contribution in [-0.4, -0.2) is 36.3 Å². The van der Waals surface area contributed by atoms with Crippen LogP contribution in [0, 0.1) is 0 Å². The predicted molar refractivity (Wildman–Crippen MR) is 94.3 cm³/mol. The van der Waals surface area contributed by atoms with Crippen molar-refractivity contribution in [3.8, 4) is 17.2 Å². The van der Waals surface area contributed by atoms with Crippen molar-refractivity contribution in [2.75, 3.05) is 27.9 Å². The highest BCUT2D eigenvalue weighted by Crippen LogP contribution is 2.35. The van der Waals surface area contributed by atoms with Gasteiger partial charge >= 0.3 is 0 Å². The van der Waals surface area contributed by atoms with E-state index in [9.17, 15) is 8.42 Å². The van der Waals surface area contributed by atoms with Gasteiger partial charge in [-0.3, -0.25) is 0 Å². The Morgan fingerprint density at radius 3 is 2.42 bits per heavy atom. The molecule has 6 nitrogen and oxygen atoms in total. The van der Waals surface area contributed by atoms with E-state index in [-0.39, 0.29) is 10.8 Å². The van der Waals surface area contributed by atoms with E-state index < -0.39 is 10.0 Å². The fourth-order valence-electron chi connectivity index (χ4n) is 2.15. The molecule has 0 aliphatic heterocycles. The van der Waals surface area contributed by atoms with E-state index >= 15 is 0 Å². The molecule has 24 heavy (non-hydrogen) atoms. The largest absolute Gasteiger partial charge is 0.497 e. The molecule has 9 heteroatoms. The summed E-state index contributed by atoms with van der Waals surface area (Å²) in [5.41, 5.74) is 0.778. The molecule has 1 aromatic carbocycles. The first kappa shape index (κ1) is 18.9. The molecule has 0 fully saturated rings. The smallest absolute Gasteiger partial charge is 0.250 e. The van der Waals surface area contributed by atoms with Crippen LogP contribution in [0.1, 0.15) is 5.56 Å². The Morgan fingerprint density at radius 1 is 1.12 bits per heavy atom. The zero-order valence-electron chi connectivity index (χ0n) is 13.5. The lowest BCUT2D eigenvalue weighted by atomic mass is 10.1. The number of benzene rings is 1. The van der Waals surface area contributed by atoms with Gasteiger partial charge in [-0.2, -0.15) is 0 Å². The van der Waals surface area contributed by atoms with Crippen molar-refractivity contribution in [1.29, 1.82) is 0 Å². The second kappa shape index (κ2) is 8.06. The van der Waals surface area contributed by atoms with Crippen LogP contribution in [-0.2, 0) is 16.4 Å². The second-order valence-corrected chi connectivity index (χ2v) is 8.44. The SMILES string of the molecule is COc1cc(CCNS(=O)(=O)c2ccc(Cl)s2)c(OC)c(OC)c1. The Labute approximate surface area is 150 Å². The van der Waals surface area contributed by atoms with Crippen molar-refractivity contribution >= 4 is 33.0 Å². The quantitative estimate of drug-likeness (QED) is 0.748. The fraction of sp³-hybridized carbons (Fsp3) is 0.333. The zero-order valence-corrected chi connectivity index (χ0v) is 15.8. The van der Waals surface area contributed by atoms with Crippen molar-refractivity contribution in [2.45, 2.75) is 10.6 Å². The minimum Gasteiger partial charge on any atom is -0.497 e. The van der Waals surface area contributed by atoms with Crippen molar-refractivity contribution in [1.82, 2.24) is 4.72 Å². The second-order valence-electron chi connectivity index (χ2n) is 4.73. The molecule has 0 bridgehead atoms. The molecule has 0 unspecified atom stereocenters. The average molecular weight is 392 g/mol. The van der Waals surface area contributed by atoms with Gasteiger partial charge in [-0.15, -0.1) is 11.3 Å². The molecule has 0 aliphatic rings. The maximum Gasteiger partial charge on any atom is 0.250 e. The molecule has 0 spiro atoms. The molecule has 0 saturated heterocycles. The Hall–Kier alpha value is -1.48. The number of hydrogen-bond acceptors (Lipinski definition) is 6. The lowest BCUT2D eigenvalue weighted by Gasteiger charge is -2.15. The molecule has 0 radical (unpaired) electrons. The van der Waals surface area contributed by atoms with Crippen molar-refractivity contribution in [2.24, 2.45) is 0 Å². The summed E-state index contributed by atoms with van der Waals surface area (Å²) in [6.07, 6.45) is 0.412. The van der Waals surface area contributed by atoms with Crippen LogP contribution >= 0.6 is 22.9 Å². The molecule has 1 N–H and O–H groups in total. The number of hydrogen-bond donors (Lipinski definition) is 1. The summed E-state index contributed by atoms with van der Waals surface area (Å²) >= 11 is 6.80. The molecular formula is C15H18ClNO5S2. The van der Waals surface area contributed by atoms with Crippen LogP contribution in [0.4, 0.5) is 0 Å². The molecule has 2 aromatic rings. The molecule has 0 atom stereocenters. The van der Waals surface area contributed by atoms with Crippen LogP contribution in [0.3, 0.4) is 0 Å². The fourth-order valence-corrected chi connectivity index (χ4v) is 4.71. The maximum absolute atomic E-state index is 12.2. The van der Waals surface area contributed by atoms with Crippen LogP contribution in [0.2, 0.25) is 4.34 Å². The Kier molecular flexibility index (Phi) is 6.34. The van der Waals surface area contributed by atoms with Crippen molar-refractivity contribution in [3.63, 3.8) is 0 Å². The summed E-state index contributed by atoms with van der Waals surface area (Å²) in [6, 6.07) is 6.53. The van der Waals surface area contributed by atoms with E-state index in [2.05, 4.69) is 4.72 Å². The number of halogens is 1. The lowest BCUT2D eigenvalue weighted by Crippen LogP contribution is -2.25. The Balaban J connectivity index is 2.14. The number of methoxy groups -OCH3 is 3. The molecule has 132 valence electrons. The third kappa shape index (κ3) is 4.32. The minimum absolute atomic E-state index is 0.183. The van der Waals surface area contributed by atoms with Crippen LogP contribution in [0.15, 0.2) is 28.5 Å². The normalized spacial score (nSPS) is 11.3. The number of ether oxygens (including phenoxy) is 3. The van der Waals surface area contributed by atoms with Gasteiger partial charge in [0.15, 0.2) is 11.5 Å². The molecular weight excluding hydrogens is 374 g/mol. The minimum atomic E-state index is -3.58. The first-order chi connectivity index (χ1) is 11.4. The van der Waals surface area contributed by atoms with Gasteiger partial charge in [-0.25, -0.2) is 13.1 Å². The topological polar surface area (TPSA) is 73.9 Å². The van der Waals surface area contributed by atoms with E-state index in [0.29, 0.717) is 28.0 Å². The molecule has 0 aliphatic carbocycles. The van der Waals surface area contributed by atoms with Crippen LogP contribution < -0.4 is 18.9 Å². The van der Waals surface area contributed by atoms with Crippen molar-refractivity contribution in [3.05, 3.63) is 34.2 Å². The summed E-state index contributed by atoms with van der Waals surface area (Å²) in [5, 5.41) is 0. The highest BCUT2D eigenvalue weighted by atomic mass is 35.5. The molecule has 0 saturated carbocycles. The summed E-state index contributed by atoms with van der Waals surface area (Å²) in [7, 11) is 1.04. The lowest BCUT2D eigenvalue weighted by molar-refractivity contribution is 0.345. The first-order valence-electron chi connectivity index (χ1n) is 6.95. The van der Waals surface area contributed by atoms with E-state index in [4.69, 9.17) is 25.8 Å². The van der Waals surface area contributed by atoms with Gasteiger partial charge in [0.1, 0.15) is 9.96 Å². The average Bonchev–Trinajstić information content (AvgIpc) is 3.01. The molecule has 2 rings (SSSR count). The van der Waals surface area contributed by atoms with E-state index in [1.54, 1.807) is 25.3 Å². The van der Waals surface area contributed by atoms with Gasteiger partial charge in [0.2, 0.25) is 10.0 Å². The summed E-state index contributed by atoms with van der Waals surface area (Å²) in [4.78, 5) is 0. The van der Waals surface area contributed by atoms with Crippen LogP contribution in [0.5, 0.6) is 17.2 Å². The van der Waals surface area contributed by atoms with Crippen molar-refractivity contribution < 1.29 is 22.6 Å². The molecule has 1 heterocycles. The number of rotatable bonds is 8. The molecule has 0 amide bonds. The van der Waals surface area contributed by atoms with Gasteiger partial charge in [-0.05, 0) is 24.6 Å². The van der Waals surface area contributed by atoms with E-state index in [0.717, 1.165) is 16.9 Å². The number of nitrogens with one attached hydrogen (secondary N) is 1. The molecule has 1 aromatic heterocycles. The van der Waals surface area contributed by atoms with Gasteiger partial charge in [0.05, 0.1) is 25.7 Å². The third-order valence-electron chi connectivity index (χ3n) is 3.26. The summed E-state index contributed by atoms with van der Waals surface area (Å²) in [5.74, 6) is 1.69. The van der Waals surface area contributed by atoms with Gasteiger partial charge in [0.25, 0.3) is 0 Å². The highest BCUT2D eigenvalue weighted by Gasteiger charge is 2.18. The van der Waals surface area contributed by atoms with Gasteiger partial charge in [-0.1, -0.05) is 11.6 Å². The van der Waals surface area contributed by atoms with E-state index in [1.165, 1.54) is 20.3 Å². The number of sulfonamides is 1. The monoisotopic (exact) mass is 391 g/mol. The number of thiophene rings is 1. The maximum atomic E-state index is 12.2. The van der Waals surface area contributed by atoms with Gasteiger partial charge < -0.3 is 14.2 Å². The Morgan fingerprint density at radius 2 is 1.88 bits per heavy atom. The Bertz CT molecular complexity index is 804. The van der Waals surface area contributed by atoms with Gasteiger partial charge in [0, 0.05) is 18.2 Å². The van der Waals surface area contributed by atoms with Crippen LogP contribution in [0.25, 0.3) is 0 Å². The summed E-state index contributed by atoms with van der Waals surface area (Å²) < 4.78 is 43.4. The van der Waals surface area contributed by atoms with E-state index in [1.807, 2.05) is 0 Å². The standard InChI is InChI=1S/C15H18ClNO5S2/c1-20-11-8-10(15(22-3)12(9-11)21-2)6-7-17-24(18,19)14-5-4-13(16)23-14/h4-5,8-9,17H,6-7H2,1-3H3. The zero-order chi connectivity index (χ0) is 17.7. The summed E-state index contributed by atoms with van der Waals surface area (Å²) in [6.45, 7) is 0.199. The third-order valence-corrected chi connectivity index (χ3v) is 6.45.